The highest BCUT2D eigenvalue weighted by Crippen LogP contribution is 2.26. The van der Waals surface area contributed by atoms with Crippen molar-refractivity contribution < 1.29 is 34.1 Å². The number of carbonyl (C=O) groups excluding carboxylic acids is 3. The molecule has 0 spiro atoms. The molecule has 182 valence electrons. The predicted octanol–water partition coefficient (Wildman–Crippen LogP) is 1.12. The second kappa shape index (κ2) is 11.8. The van der Waals surface area contributed by atoms with E-state index in [1.165, 1.54) is 16.8 Å². The van der Waals surface area contributed by atoms with E-state index in [9.17, 15) is 24.6 Å². The largest absolute Gasteiger partial charge is 0.466 e. The van der Waals surface area contributed by atoms with Crippen LogP contribution >= 0.6 is 0 Å². The normalized spacial score (nSPS) is 22.6. The lowest BCUT2D eigenvalue weighted by Crippen LogP contribution is -2.49. The molecule has 0 bridgehead atoms. The standard InChI is InChI=1S/C14H23NO5.C8H11NO2.CH4/c1-8-14(18,11(16)19-7)10(2)9-15(6)12(17)20-13(3,4)5;1-4-8(11)6(2)5-9(3)7(8)10;/h1,10,18H,9H2,2-7H3;1,6,11H,5H2,2-3H3;1H4. The third-order valence-corrected chi connectivity index (χ3v) is 4.84. The molecule has 1 saturated heterocycles. The molecule has 0 radical (unpaired) electrons. The first-order valence-electron chi connectivity index (χ1n) is 9.68. The molecule has 1 aliphatic heterocycles. The number of methoxy groups -OCH3 is 1. The summed E-state index contributed by atoms with van der Waals surface area (Å²) >= 11 is 0. The van der Waals surface area contributed by atoms with Gasteiger partial charge in [0, 0.05) is 39.0 Å². The highest BCUT2D eigenvalue weighted by molar-refractivity contribution is 5.90. The fourth-order valence-corrected chi connectivity index (χ4v) is 2.85. The van der Waals surface area contributed by atoms with Crippen LogP contribution in [0.15, 0.2) is 0 Å². The van der Waals surface area contributed by atoms with Crippen molar-refractivity contribution in [3.8, 4) is 24.7 Å². The average molecular weight is 455 g/mol. The number of amides is 2. The fraction of sp³-hybridized carbons (Fsp3) is 0.696. The maximum atomic E-state index is 11.8. The van der Waals surface area contributed by atoms with Crippen LogP contribution in [0.25, 0.3) is 0 Å². The summed E-state index contributed by atoms with van der Waals surface area (Å²) in [4.78, 5) is 37.2. The zero-order valence-electron chi connectivity index (χ0n) is 19.6. The van der Waals surface area contributed by atoms with Gasteiger partial charge >= 0.3 is 12.1 Å². The number of hydrogen-bond donors (Lipinski definition) is 2. The van der Waals surface area contributed by atoms with Gasteiger partial charge in [-0.2, -0.15) is 0 Å². The Morgan fingerprint density at radius 1 is 1.38 bits per heavy atom. The Morgan fingerprint density at radius 3 is 2.16 bits per heavy atom. The maximum Gasteiger partial charge on any atom is 0.410 e. The van der Waals surface area contributed by atoms with E-state index in [2.05, 4.69) is 10.7 Å². The van der Waals surface area contributed by atoms with Crippen LogP contribution in [0.1, 0.15) is 42.0 Å². The molecule has 0 saturated carbocycles. The van der Waals surface area contributed by atoms with Gasteiger partial charge in [-0.25, -0.2) is 9.59 Å². The first-order chi connectivity index (χ1) is 14.0. The number of rotatable bonds is 4. The number of carbonyl (C=O) groups is 3. The van der Waals surface area contributed by atoms with E-state index in [0.29, 0.717) is 6.54 Å². The molecule has 4 atom stereocenters. The lowest BCUT2D eigenvalue weighted by Gasteiger charge is -2.31. The molecule has 0 aromatic carbocycles. The first kappa shape index (κ1) is 31.4. The van der Waals surface area contributed by atoms with Crippen molar-refractivity contribution >= 4 is 18.0 Å². The van der Waals surface area contributed by atoms with E-state index in [4.69, 9.17) is 17.6 Å². The summed E-state index contributed by atoms with van der Waals surface area (Å²) in [6, 6.07) is 0. The van der Waals surface area contributed by atoms with Crippen molar-refractivity contribution in [2.45, 2.75) is 58.8 Å². The summed E-state index contributed by atoms with van der Waals surface area (Å²) in [5.41, 5.74) is -4.26. The molecule has 1 heterocycles. The summed E-state index contributed by atoms with van der Waals surface area (Å²) in [5, 5.41) is 19.7. The van der Waals surface area contributed by atoms with Crippen molar-refractivity contribution in [3.05, 3.63) is 0 Å². The van der Waals surface area contributed by atoms with Crippen LogP contribution in [0.4, 0.5) is 4.79 Å². The lowest BCUT2D eigenvalue weighted by atomic mass is 9.89. The Morgan fingerprint density at radius 2 is 1.88 bits per heavy atom. The van der Waals surface area contributed by atoms with E-state index < -0.39 is 34.8 Å². The number of likely N-dealkylation sites (tertiary alicyclic amines) is 1. The second-order valence-electron chi connectivity index (χ2n) is 8.66. The van der Waals surface area contributed by atoms with Gasteiger partial charge in [0.2, 0.25) is 11.2 Å². The molecule has 0 aromatic heterocycles. The van der Waals surface area contributed by atoms with Crippen LogP contribution in [0.3, 0.4) is 0 Å². The third kappa shape index (κ3) is 7.44. The van der Waals surface area contributed by atoms with Gasteiger partial charge in [-0.1, -0.05) is 33.1 Å². The number of likely N-dealkylation sites (N-methyl/N-ethyl adjacent to an activating group) is 1. The van der Waals surface area contributed by atoms with Gasteiger partial charge in [-0.3, -0.25) is 4.79 Å². The van der Waals surface area contributed by atoms with Gasteiger partial charge < -0.3 is 29.5 Å². The van der Waals surface area contributed by atoms with E-state index in [1.807, 2.05) is 5.92 Å². The molecule has 9 nitrogen and oxygen atoms in total. The van der Waals surface area contributed by atoms with E-state index in [-0.39, 0.29) is 25.8 Å². The molecular formula is C23H38N2O7. The van der Waals surface area contributed by atoms with Gasteiger partial charge in [0.05, 0.1) is 7.11 Å². The van der Waals surface area contributed by atoms with Crippen LogP contribution in [0.2, 0.25) is 0 Å². The number of terminal acetylenes is 2. The SMILES string of the molecule is C.C#CC(O)(C(=O)OC)C(C)CN(C)C(=O)OC(C)(C)C.C#CC1(O)C(=O)N(C)CC1C. The fourth-order valence-electron chi connectivity index (χ4n) is 2.85. The molecule has 0 aliphatic carbocycles. The molecule has 32 heavy (non-hydrogen) atoms. The molecule has 1 aliphatic rings. The lowest BCUT2D eigenvalue weighted by molar-refractivity contribution is -0.161. The average Bonchev–Trinajstić information content (AvgIpc) is 2.88. The molecule has 2 amide bonds. The Balaban J connectivity index is 0. The smallest absolute Gasteiger partial charge is 0.410 e. The van der Waals surface area contributed by atoms with Crippen LogP contribution < -0.4 is 0 Å². The Bertz CT molecular complexity index is 762. The molecule has 1 fully saturated rings. The summed E-state index contributed by atoms with van der Waals surface area (Å²) in [6.45, 7) is 9.13. The molecule has 4 unspecified atom stereocenters. The van der Waals surface area contributed by atoms with Gasteiger partial charge in [0.1, 0.15) is 5.60 Å². The monoisotopic (exact) mass is 454 g/mol. The Labute approximate surface area is 192 Å². The minimum absolute atomic E-state index is 0. The van der Waals surface area contributed by atoms with Crippen LogP contribution in [-0.2, 0) is 19.1 Å². The number of aliphatic hydroxyl groups is 2. The third-order valence-electron chi connectivity index (χ3n) is 4.84. The molecule has 9 heteroatoms. The topological polar surface area (TPSA) is 117 Å². The Kier molecular flexibility index (Phi) is 11.5. The summed E-state index contributed by atoms with van der Waals surface area (Å²) in [7, 11) is 4.27. The number of hydrogen-bond acceptors (Lipinski definition) is 7. The van der Waals surface area contributed by atoms with Crippen molar-refractivity contribution in [3.63, 3.8) is 0 Å². The summed E-state index contributed by atoms with van der Waals surface area (Å²) < 4.78 is 9.65. The summed E-state index contributed by atoms with van der Waals surface area (Å²) in [6.07, 6.45) is 9.70. The minimum atomic E-state index is -2.08. The number of esters is 1. The zero-order valence-corrected chi connectivity index (χ0v) is 19.6. The highest BCUT2D eigenvalue weighted by Gasteiger charge is 2.48. The quantitative estimate of drug-likeness (QED) is 0.483. The van der Waals surface area contributed by atoms with E-state index in [0.717, 1.165) is 7.11 Å². The molecule has 2 N–H and O–H groups in total. The molecule has 1 rings (SSSR count). The van der Waals surface area contributed by atoms with Gasteiger partial charge in [0.25, 0.3) is 5.91 Å². The zero-order chi connectivity index (χ0) is 24.8. The maximum absolute atomic E-state index is 11.8. The van der Waals surface area contributed by atoms with Gasteiger partial charge in [-0.15, -0.1) is 12.8 Å². The number of nitrogens with zero attached hydrogens (tertiary/aromatic N) is 2. The first-order valence-corrected chi connectivity index (χ1v) is 9.68. The van der Waals surface area contributed by atoms with Crippen molar-refractivity contribution in [2.24, 2.45) is 11.8 Å². The van der Waals surface area contributed by atoms with Gasteiger partial charge in [-0.05, 0) is 20.8 Å². The van der Waals surface area contributed by atoms with Crippen LogP contribution in [-0.4, -0.2) is 89.1 Å². The highest BCUT2D eigenvalue weighted by atomic mass is 16.6. The number of ether oxygens (including phenoxy) is 2. The molecule has 0 aromatic rings. The predicted molar refractivity (Wildman–Crippen MR) is 121 cm³/mol. The second-order valence-corrected chi connectivity index (χ2v) is 8.66. The Hall–Kier alpha value is -2.75. The molecular weight excluding hydrogens is 416 g/mol. The summed E-state index contributed by atoms with van der Waals surface area (Å²) in [5.74, 6) is 1.98. The van der Waals surface area contributed by atoms with Gasteiger partial charge in [0.15, 0.2) is 0 Å². The van der Waals surface area contributed by atoms with E-state index >= 15 is 0 Å². The van der Waals surface area contributed by atoms with Crippen LogP contribution in [0, 0.1) is 36.5 Å². The van der Waals surface area contributed by atoms with Crippen molar-refractivity contribution in [1.29, 1.82) is 0 Å². The minimum Gasteiger partial charge on any atom is -0.466 e. The van der Waals surface area contributed by atoms with Crippen LogP contribution in [0.5, 0.6) is 0 Å². The van der Waals surface area contributed by atoms with E-state index in [1.54, 1.807) is 41.7 Å². The van der Waals surface area contributed by atoms with Crippen molar-refractivity contribution in [2.75, 3.05) is 34.3 Å². The van der Waals surface area contributed by atoms with Crippen molar-refractivity contribution in [1.82, 2.24) is 9.80 Å².